The molecule has 0 bridgehead atoms. The van der Waals surface area contributed by atoms with Crippen molar-refractivity contribution >= 4 is 11.8 Å². The van der Waals surface area contributed by atoms with Crippen LogP contribution >= 0.6 is 0 Å². The van der Waals surface area contributed by atoms with Crippen LogP contribution in [-0.2, 0) is 17.8 Å². The van der Waals surface area contributed by atoms with Gasteiger partial charge in [0.15, 0.2) is 0 Å². The van der Waals surface area contributed by atoms with Crippen LogP contribution in [0.3, 0.4) is 0 Å². The van der Waals surface area contributed by atoms with Crippen LogP contribution in [0, 0.1) is 23.4 Å². The molecule has 4 atom stereocenters. The van der Waals surface area contributed by atoms with Crippen molar-refractivity contribution in [3.8, 4) is 11.1 Å². The van der Waals surface area contributed by atoms with Crippen molar-refractivity contribution in [1.82, 2.24) is 20.1 Å². The molecule has 6 rings (SSSR count). The molecule has 2 aromatic carbocycles. The maximum absolute atomic E-state index is 15.0. The fraction of sp³-hybridized carbons (Fsp3) is 0.267. The number of hydrogen-bond donors (Lipinski definition) is 2. The monoisotopic (exact) mass is 599 g/mol. The van der Waals surface area contributed by atoms with Crippen molar-refractivity contribution in [3.63, 3.8) is 0 Å². The Bertz CT molecular complexity index is 1740. The number of halogens is 6. The molecule has 0 spiro atoms. The van der Waals surface area contributed by atoms with Gasteiger partial charge in [-0.3, -0.25) is 19.3 Å². The molecule has 2 aliphatic rings. The van der Waals surface area contributed by atoms with Gasteiger partial charge >= 0.3 is 0 Å². The minimum Gasteiger partial charge on any atom is -0.366 e. The van der Waals surface area contributed by atoms with E-state index in [0.717, 1.165) is 22.9 Å². The highest BCUT2D eigenvalue weighted by molar-refractivity contribution is 5.94. The number of rotatable bonds is 9. The number of nitrogens with zero attached hydrogens (tertiary/aromatic N) is 3. The normalized spacial score (nSPS) is 19.2. The Morgan fingerprint density at radius 1 is 1.05 bits per heavy atom. The lowest BCUT2D eigenvalue weighted by atomic mass is 9.94. The van der Waals surface area contributed by atoms with E-state index in [4.69, 9.17) is 5.73 Å². The lowest BCUT2D eigenvalue weighted by molar-refractivity contribution is -0.122. The average molecular weight is 600 g/mol. The number of benzene rings is 2. The van der Waals surface area contributed by atoms with Crippen molar-refractivity contribution in [3.05, 3.63) is 106 Å². The molecule has 4 aromatic rings. The standard InChI is InChI=1S/C30H23F6N5O2/c31-15-6-13(7-16(32)10-15)8-22(26-17(2-1-5-38-26)14-3-4-21(33)20(9-14)30(37)43)39-23(42)12-41-28-24(27(40-41)29(35)36)18-11-19(18)25(28)34/h1-7,9-10,18-19,22,25,29H,8,11-12H2,(H2,37,43)(H,39,42)/t18?,19?,22-,25?/m0/s1. The van der Waals surface area contributed by atoms with Gasteiger partial charge in [0.25, 0.3) is 12.3 Å². The summed E-state index contributed by atoms with van der Waals surface area (Å²) in [4.78, 5) is 29.5. The van der Waals surface area contributed by atoms with Gasteiger partial charge in [0.05, 0.1) is 23.0 Å². The van der Waals surface area contributed by atoms with Gasteiger partial charge in [0.2, 0.25) is 5.91 Å². The van der Waals surface area contributed by atoms with Crippen LogP contribution in [0.2, 0.25) is 0 Å². The number of fused-ring (bicyclic) bond motifs is 3. The Balaban J connectivity index is 1.36. The molecule has 0 saturated heterocycles. The molecule has 1 fully saturated rings. The Morgan fingerprint density at radius 3 is 2.49 bits per heavy atom. The number of amides is 2. The fourth-order valence-corrected chi connectivity index (χ4v) is 5.91. The highest BCUT2D eigenvalue weighted by Gasteiger charge is 2.57. The molecular weight excluding hydrogens is 576 g/mol. The van der Waals surface area contributed by atoms with Gasteiger partial charge in [-0.05, 0) is 60.2 Å². The molecule has 222 valence electrons. The van der Waals surface area contributed by atoms with E-state index in [-0.39, 0.29) is 40.4 Å². The first-order chi connectivity index (χ1) is 20.5. The lowest BCUT2D eigenvalue weighted by Gasteiger charge is -2.22. The van der Waals surface area contributed by atoms with Gasteiger partial charge in [0, 0.05) is 29.3 Å². The molecule has 2 amide bonds. The van der Waals surface area contributed by atoms with Gasteiger partial charge in [0.1, 0.15) is 35.9 Å². The molecule has 2 aliphatic carbocycles. The van der Waals surface area contributed by atoms with E-state index in [0.29, 0.717) is 23.6 Å². The minimum atomic E-state index is -2.95. The Labute approximate surface area is 240 Å². The van der Waals surface area contributed by atoms with Crippen molar-refractivity contribution in [2.24, 2.45) is 11.7 Å². The summed E-state index contributed by atoms with van der Waals surface area (Å²) < 4.78 is 85.7. The van der Waals surface area contributed by atoms with Crippen molar-refractivity contribution < 1.29 is 35.9 Å². The van der Waals surface area contributed by atoms with Gasteiger partial charge in [-0.15, -0.1) is 0 Å². The zero-order valence-electron chi connectivity index (χ0n) is 22.2. The summed E-state index contributed by atoms with van der Waals surface area (Å²) >= 11 is 0. The predicted molar refractivity (Wildman–Crippen MR) is 141 cm³/mol. The molecule has 3 N–H and O–H groups in total. The molecule has 3 unspecified atom stereocenters. The van der Waals surface area contributed by atoms with Crippen LogP contribution < -0.4 is 11.1 Å². The molecule has 0 radical (unpaired) electrons. The first-order valence-electron chi connectivity index (χ1n) is 13.3. The zero-order chi connectivity index (χ0) is 30.6. The summed E-state index contributed by atoms with van der Waals surface area (Å²) in [7, 11) is 0. The largest absolute Gasteiger partial charge is 0.366 e. The summed E-state index contributed by atoms with van der Waals surface area (Å²) in [6, 6.07) is 8.52. The number of carbonyl (C=O) groups is 2. The van der Waals surface area contributed by atoms with Crippen molar-refractivity contribution in [2.45, 2.75) is 43.9 Å². The predicted octanol–water partition coefficient (Wildman–Crippen LogP) is 5.63. The smallest absolute Gasteiger partial charge is 0.282 e. The van der Waals surface area contributed by atoms with Gasteiger partial charge in [-0.25, -0.2) is 26.3 Å². The second-order valence-corrected chi connectivity index (χ2v) is 10.6. The van der Waals surface area contributed by atoms with Crippen LogP contribution in [0.5, 0.6) is 0 Å². The number of pyridine rings is 1. The average Bonchev–Trinajstić information content (AvgIpc) is 3.57. The summed E-state index contributed by atoms with van der Waals surface area (Å²) in [5, 5.41) is 6.57. The van der Waals surface area contributed by atoms with E-state index in [1.54, 1.807) is 12.1 Å². The summed E-state index contributed by atoms with van der Waals surface area (Å²) in [5.74, 6) is -5.08. The summed E-state index contributed by atoms with van der Waals surface area (Å²) in [6.45, 7) is -0.604. The highest BCUT2D eigenvalue weighted by Crippen LogP contribution is 2.64. The quantitative estimate of drug-likeness (QED) is 0.244. The molecule has 43 heavy (non-hydrogen) atoms. The van der Waals surface area contributed by atoms with E-state index in [1.165, 1.54) is 18.3 Å². The van der Waals surface area contributed by atoms with Crippen LogP contribution in [0.25, 0.3) is 11.1 Å². The van der Waals surface area contributed by atoms with Crippen molar-refractivity contribution in [2.75, 3.05) is 0 Å². The van der Waals surface area contributed by atoms with Crippen LogP contribution in [0.4, 0.5) is 26.3 Å². The number of hydrogen-bond acceptors (Lipinski definition) is 4. The highest BCUT2D eigenvalue weighted by atomic mass is 19.3. The SMILES string of the molecule is NC(=O)c1cc(-c2cccnc2[C@H](Cc2cc(F)cc(F)c2)NC(=O)Cn2nc(C(F)F)c3c2C(F)C2CC32)ccc1F. The maximum Gasteiger partial charge on any atom is 0.282 e. The van der Waals surface area contributed by atoms with Gasteiger partial charge in [-0.1, -0.05) is 12.1 Å². The Hall–Kier alpha value is -4.68. The number of nitrogens with two attached hydrogens (primary N) is 1. The van der Waals surface area contributed by atoms with Gasteiger partial charge in [-0.2, -0.15) is 5.10 Å². The topological polar surface area (TPSA) is 103 Å². The Morgan fingerprint density at radius 2 is 1.79 bits per heavy atom. The molecule has 2 aromatic heterocycles. The number of primary amides is 1. The van der Waals surface area contributed by atoms with Crippen LogP contribution in [-0.4, -0.2) is 26.6 Å². The minimum absolute atomic E-state index is 0.0423. The fourth-order valence-electron chi connectivity index (χ4n) is 5.91. The summed E-state index contributed by atoms with van der Waals surface area (Å²) in [5.41, 5.74) is 5.48. The molecule has 7 nitrogen and oxygen atoms in total. The second-order valence-electron chi connectivity index (χ2n) is 10.6. The third-order valence-electron chi connectivity index (χ3n) is 7.82. The molecule has 0 aliphatic heterocycles. The third-order valence-corrected chi connectivity index (χ3v) is 7.82. The maximum atomic E-state index is 15.0. The third kappa shape index (κ3) is 5.35. The van der Waals surface area contributed by atoms with E-state index in [2.05, 4.69) is 15.4 Å². The van der Waals surface area contributed by atoms with Gasteiger partial charge < -0.3 is 11.1 Å². The second kappa shape index (κ2) is 10.9. The number of aromatic nitrogens is 3. The molecule has 2 heterocycles. The van der Waals surface area contributed by atoms with E-state index in [1.807, 2.05) is 0 Å². The Kier molecular flexibility index (Phi) is 7.18. The van der Waals surface area contributed by atoms with E-state index >= 15 is 4.39 Å². The summed E-state index contributed by atoms with van der Waals surface area (Å²) in [6.07, 6.45) is -2.81. The van der Waals surface area contributed by atoms with Crippen molar-refractivity contribution in [1.29, 1.82) is 0 Å². The van der Waals surface area contributed by atoms with Crippen LogP contribution in [0.15, 0.2) is 54.7 Å². The number of nitrogens with one attached hydrogen (secondary N) is 1. The molecule has 1 saturated carbocycles. The van der Waals surface area contributed by atoms with Crippen LogP contribution in [0.1, 0.15) is 69.5 Å². The zero-order valence-corrected chi connectivity index (χ0v) is 22.2. The number of alkyl halides is 3. The first-order valence-corrected chi connectivity index (χ1v) is 13.3. The van der Waals surface area contributed by atoms with E-state index < -0.39 is 66.1 Å². The first kappa shape index (κ1) is 28.4. The molecular formula is C30H23F6N5O2. The lowest BCUT2D eigenvalue weighted by Crippen LogP contribution is -2.34. The van der Waals surface area contributed by atoms with E-state index in [9.17, 15) is 31.5 Å². The molecule has 13 heteroatoms. The number of carbonyl (C=O) groups excluding carboxylic acids is 2.